The zero-order valence-electron chi connectivity index (χ0n) is 12.4. The van der Waals surface area contributed by atoms with Crippen LogP contribution in [0, 0.1) is 23.2 Å². The van der Waals surface area contributed by atoms with Crippen LogP contribution < -0.4 is 5.32 Å². The van der Waals surface area contributed by atoms with E-state index in [0.29, 0.717) is 6.54 Å². The van der Waals surface area contributed by atoms with Gasteiger partial charge in [0.05, 0.1) is 11.3 Å². The number of allylic oxidation sites excluding steroid dienone is 2. The zero-order chi connectivity index (χ0) is 14.8. The fourth-order valence-electron chi connectivity index (χ4n) is 3.79. The van der Waals surface area contributed by atoms with Crippen LogP contribution in [-0.4, -0.2) is 23.5 Å². The lowest BCUT2D eigenvalue weighted by Gasteiger charge is -2.35. The molecule has 2 N–H and O–H groups in total. The Labute approximate surface area is 120 Å². The van der Waals surface area contributed by atoms with Gasteiger partial charge >= 0.3 is 5.97 Å². The Kier molecular flexibility index (Phi) is 4.51. The molecule has 2 aliphatic carbocycles. The van der Waals surface area contributed by atoms with Crippen molar-refractivity contribution in [2.45, 2.75) is 46.0 Å². The smallest absolute Gasteiger partial charge is 0.308 e. The fourth-order valence-corrected chi connectivity index (χ4v) is 3.79. The molecule has 0 saturated heterocycles. The van der Waals surface area contributed by atoms with Gasteiger partial charge in [-0.1, -0.05) is 38.3 Å². The third-order valence-corrected chi connectivity index (χ3v) is 5.03. The SMILES string of the molecule is CCCCCCNC(=O)C1(C)C2C=CC(C2)C1C(=O)O. The van der Waals surface area contributed by atoms with Crippen LogP contribution in [-0.2, 0) is 9.59 Å². The minimum absolute atomic E-state index is 0.0216. The van der Waals surface area contributed by atoms with E-state index in [2.05, 4.69) is 12.2 Å². The van der Waals surface area contributed by atoms with Gasteiger partial charge in [0.2, 0.25) is 5.91 Å². The number of amides is 1. The van der Waals surface area contributed by atoms with Crippen molar-refractivity contribution in [2.75, 3.05) is 6.54 Å². The van der Waals surface area contributed by atoms with Gasteiger partial charge in [-0.3, -0.25) is 9.59 Å². The molecule has 4 nitrogen and oxygen atoms in total. The second-order valence-corrected chi connectivity index (χ2v) is 6.31. The van der Waals surface area contributed by atoms with E-state index in [1.54, 1.807) is 0 Å². The highest BCUT2D eigenvalue weighted by Crippen LogP contribution is 2.56. The molecule has 1 fully saturated rings. The van der Waals surface area contributed by atoms with Gasteiger partial charge in [0.15, 0.2) is 0 Å². The first-order valence-electron chi connectivity index (χ1n) is 7.71. The van der Waals surface area contributed by atoms with E-state index >= 15 is 0 Å². The summed E-state index contributed by atoms with van der Waals surface area (Å²) < 4.78 is 0. The first-order valence-corrected chi connectivity index (χ1v) is 7.71. The van der Waals surface area contributed by atoms with Crippen LogP contribution in [0.1, 0.15) is 46.0 Å². The number of carbonyl (C=O) groups excluding carboxylic acids is 1. The molecular weight excluding hydrogens is 254 g/mol. The molecule has 0 aromatic rings. The normalized spacial score (nSPS) is 34.4. The molecular formula is C16H25NO3. The number of carboxylic acids is 1. The second-order valence-electron chi connectivity index (χ2n) is 6.31. The Bertz CT molecular complexity index is 418. The monoisotopic (exact) mass is 279 g/mol. The first kappa shape index (κ1) is 15.1. The van der Waals surface area contributed by atoms with E-state index in [-0.39, 0.29) is 17.7 Å². The Balaban J connectivity index is 1.96. The largest absolute Gasteiger partial charge is 0.481 e. The summed E-state index contributed by atoms with van der Waals surface area (Å²) in [7, 11) is 0. The van der Waals surface area contributed by atoms with Gasteiger partial charge in [-0.05, 0) is 31.6 Å². The molecule has 2 rings (SSSR count). The van der Waals surface area contributed by atoms with Gasteiger partial charge in [0.1, 0.15) is 0 Å². The molecule has 1 amide bonds. The summed E-state index contributed by atoms with van der Waals surface area (Å²) in [4.78, 5) is 24.0. The third kappa shape index (κ3) is 2.48. The summed E-state index contributed by atoms with van der Waals surface area (Å²) >= 11 is 0. The summed E-state index contributed by atoms with van der Waals surface area (Å²) in [6.07, 6.45) is 9.23. The third-order valence-electron chi connectivity index (χ3n) is 5.03. The molecule has 0 aromatic heterocycles. The Morgan fingerprint density at radius 2 is 2.05 bits per heavy atom. The first-order chi connectivity index (χ1) is 9.51. The Hall–Kier alpha value is -1.32. The number of fused-ring (bicyclic) bond motifs is 2. The van der Waals surface area contributed by atoms with Crippen LogP contribution in [0.2, 0.25) is 0 Å². The predicted molar refractivity (Wildman–Crippen MR) is 77.1 cm³/mol. The fraction of sp³-hybridized carbons (Fsp3) is 0.750. The van der Waals surface area contributed by atoms with Crippen molar-refractivity contribution in [3.63, 3.8) is 0 Å². The Morgan fingerprint density at radius 1 is 1.30 bits per heavy atom. The lowest BCUT2D eigenvalue weighted by atomic mass is 9.69. The van der Waals surface area contributed by atoms with E-state index in [0.717, 1.165) is 19.3 Å². The van der Waals surface area contributed by atoms with Crippen molar-refractivity contribution in [3.05, 3.63) is 12.2 Å². The molecule has 2 aliphatic rings. The molecule has 20 heavy (non-hydrogen) atoms. The molecule has 0 aliphatic heterocycles. The van der Waals surface area contributed by atoms with Gasteiger partial charge in [-0.2, -0.15) is 0 Å². The van der Waals surface area contributed by atoms with Gasteiger partial charge in [-0.15, -0.1) is 0 Å². The number of hydrogen-bond acceptors (Lipinski definition) is 2. The minimum Gasteiger partial charge on any atom is -0.481 e. The second kappa shape index (κ2) is 5.98. The van der Waals surface area contributed by atoms with E-state index < -0.39 is 17.3 Å². The van der Waals surface area contributed by atoms with Crippen molar-refractivity contribution in [2.24, 2.45) is 23.2 Å². The lowest BCUT2D eigenvalue weighted by molar-refractivity contribution is -0.153. The summed E-state index contributed by atoms with van der Waals surface area (Å²) in [5, 5.41) is 12.4. The van der Waals surface area contributed by atoms with Gasteiger partial charge in [0.25, 0.3) is 0 Å². The lowest BCUT2D eigenvalue weighted by Crippen LogP contribution is -2.49. The molecule has 4 heteroatoms. The Morgan fingerprint density at radius 3 is 2.70 bits per heavy atom. The maximum Gasteiger partial charge on any atom is 0.308 e. The number of aliphatic carboxylic acids is 1. The minimum atomic E-state index is -0.842. The molecule has 4 atom stereocenters. The summed E-state index contributed by atoms with van der Waals surface area (Å²) in [6, 6.07) is 0. The molecule has 0 aromatic carbocycles. The van der Waals surface area contributed by atoms with Gasteiger partial charge in [0, 0.05) is 6.54 Å². The van der Waals surface area contributed by atoms with E-state index in [1.165, 1.54) is 12.8 Å². The molecule has 1 saturated carbocycles. The van der Waals surface area contributed by atoms with Crippen molar-refractivity contribution < 1.29 is 14.7 Å². The van der Waals surface area contributed by atoms with Crippen molar-refractivity contribution in [3.8, 4) is 0 Å². The van der Waals surface area contributed by atoms with Crippen LogP contribution in [0.4, 0.5) is 0 Å². The summed E-state index contributed by atoms with van der Waals surface area (Å²) in [6.45, 7) is 4.63. The number of carbonyl (C=O) groups is 2. The van der Waals surface area contributed by atoms with Gasteiger partial charge < -0.3 is 10.4 Å². The average Bonchev–Trinajstić information content (AvgIpc) is 2.97. The molecule has 2 bridgehead atoms. The number of nitrogens with one attached hydrogen (secondary N) is 1. The van der Waals surface area contributed by atoms with E-state index in [1.807, 2.05) is 19.1 Å². The van der Waals surface area contributed by atoms with Crippen LogP contribution in [0.3, 0.4) is 0 Å². The van der Waals surface area contributed by atoms with E-state index in [4.69, 9.17) is 0 Å². The van der Waals surface area contributed by atoms with Crippen LogP contribution in [0.15, 0.2) is 12.2 Å². The van der Waals surface area contributed by atoms with Crippen molar-refractivity contribution in [1.29, 1.82) is 0 Å². The highest BCUT2D eigenvalue weighted by atomic mass is 16.4. The number of carboxylic acid groups (broad SMARTS) is 1. The van der Waals surface area contributed by atoms with E-state index in [9.17, 15) is 14.7 Å². The van der Waals surface area contributed by atoms with Crippen LogP contribution >= 0.6 is 0 Å². The highest BCUT2D eigenvalue weighted by molar-refractivity contribution is 5.90. The molecule has 0 heterocycles. The highest BCUT2D eigenvalue weighted by Gasteiger charge is 2.60. The van der Waals surface area contributed by atoms with Crippen LogP contribution in [0.5, 0.6) is 0 Å². The number of rotatable bonds is 7. The maximum absolute atomic E-state index is 12.5. The molecule has 112 valence electrons. The number of hydrogen-bond donors (Lipinski definition) is 2. The average molecular weight is 279 g/mol. The quantitative estimate of drug-likeness (QED) is 0.556. The summed E-state index contributed by atoms with van der Waals surface area (Å²) in [5.41, 5.74) is -0.782. The predicted octanol–water partition coefficient (Wildman–Crippen LogP) is 2.60. The maximum atomic E-state index is 12.5. The van der Waals surface area contributed by atoms with Crippen molar-refractivity contribution in [1.82, 2.24) is 5.32 Å². The molecule has 0 spiro atoms. The molecule has 4 unspecified atom stereocenters. The molecule has 0 radical (unpaired) electrons. The number of unbranched alkanes of at least 4 members (excludes halogenated alkanes) is 3. The summed E-state index contributed by atoms with van der Waals surface area (Å²) in [5.74, 6) is -1.41. The van der Waals surface area contributed by atoms with Crippen LogP contribution in [0.25, 0.3) is 0 Å². The standard InChI is InChI=1S/C16H25NO3/c1-3-4-5-6-9-17-15(20)16(2)12-8-7-11(10-12)13(16)14(18)19/h7-8,11-13H,3-6,9-10H2,1-2H3,(H,17,20)(H,18,19). The van der Waals surface area contributed by atoms with Crippen molar-refractivity contribution >= 4 is 11.9 Å². The van der Waals surface area contributed by atoms with Gasteiger partial charge in [-0.25, -0.2) is 0 Å². The zero-order valence-corrected chi connectivity index (χ0v) is 12.4. The topological polar surface area (TPSA) is 66.4 Å².